The fourth-order valence-corrected chi connectivity index (χ4v) is 3.88. The maximum atomic E-state index is 2.40. The van der Waals surface area contributed by atoms with Crippen LogP contribution in [0.3, 0.4) is 0 Å². The molecule has 22 heavy (non-hydrogen) atoms. The van der Waals surface area contributed by atoms with E-state index in [0.717, 1.165) is 23.7 Å². The molecule has 0 saturated carbocycles. The molecule has 0 aliphatic rings. The number of hydrogen-bond donors (Lipinski definition) is 0. The first kappa shape index (κ1) is 22.0. The van der Waals surface area contributed by atoms with E-state index in [-0.39, 0.29) is 0 Å². The predicted octanol–water partition coefficient (Wildman–Crippen LogP) is 8.25. The Balaban J connectivity index is 3.53. The van der Waals surface area contributed by atoms with E-state index in [1.807, 2.05) is 0 Å². The lowest BCUT2D eigenvalue weighted by Gasteiger charge is -2.20. The number of unbranched alkanes of at least 4 members (excludes halogenated alkanes) is 5. The Morgan fingerprint density at radius 3 is 1.05 bits per heavy atom. The first-order valence-electron chi connectivity index (χ1n) is 10.5. The monoisotopic (exact) mass is 310 g/mol. The lowest BCUT2D eigenvalue weighted by atomic mass is 9.86. The van der Waals surface area contributed by atoms with E-state index in [1.54, 1.807) is 0 Å². The molecule has 0 N–H and O–H groups in total. The molecule has 0 rings (SSSR count). The molecule has 2 atom stereocenters. The normalized spacial score (nSPS) is 14.7. The average Bonchev–Trinajstić information content (AvgIpc) is 2.47. The lowest BCUT2D eigenvalue weighted by Crippen LogP contribution is -2.08. The van der Waals surface area contributed by atoms with Crippen LogP contribution in [0.5, 0.6) is 0 Å². The third-order valence-electron chi connectivity index (χ3n) is 5.60. The third kappa shape index (κ3) is 11.6. The molecule has 0 amide bonds. The van der Waals surface area contributed by atoms with Crippen molar-refractivity contribution in [2.75, 3.05) is 0 Å². The van der Waals surface area contributed by atoms with Crippen LogP contribution in [-0.4, -0.2) is 0 Å². The smallest absolute Gasteiger partial charge is 0.0391 e. The summed E-state index contributed by atoms with van der Waals surface area (Å²) >= 11 is 0. The van der Waals surface area contributed by atoms with Crippen LogP contribution in [0.15, 0.2) is 0 Å². The van der Waals surface area contributed by atoms with Crippen molar-refractivity contribution in [3.8, 4) is 0 Å². The molecule has 0 heterocycles. The molecule has 0 spiro atoms. The van der Waals surface area contributed by atoms with Crippen molar-refractivity contribution in [2.45, 2.75) is 119 Å². The van der Waals surface area contributed by atoms with Crippen LogP contribution in [0.25, 0.3) is 0 Å². The SMILES string of the molecule is CCCC(CCCCCCCCC(CCC)C(C)C)C(C)C. The second kappa shape index (κ2) is 14.6. The van der Waals surface area contributed by atoms with Crippen molar-refractivity contribution in [2.24, 2.45) is 23.7 Å². The van der Waals surface area contributed by atoms with E-state index in [2.05, 4.69) is 41.5 Å². The first-order chi connectivity index (χ1) is 10.5. The van der Waals surface area contributed by atoms with Gasteiger partial charge in [0, 0.05) is 0 Å². The molecule has 0 nitrogen and oxygen atoms in total. The largest absolute Gasteiger partial charge is 0.0654 e. The van der Waals surface area contributed by atoms with Crippen LogP contribution in [0.1, 0.15) is 119 Å². The number of rotatable bonds is 15. The maximum absolute atomic E-state index is 2.40. The van der Waals surface area contributed by atoms with Crippen molar-refractivity contribution in [1.82, 2.24) is 0 Å². The van der Waals surface area contributed by atoms with Gasteiger partial charge in [0.05, 0.1) is 0 Å². The molecule has 0 aromatic heterocycles. The van der Waals surface area contributed by atoms with Crippen LogP contribution in [0.4, 0.5) is 0 Å². The summed E-state index contributed by atoms with van der Waals surface area (Å²) < 4.78 is 0. The van der Waals surface area contributed by atoms with Gasteiger partial charge in [-0.25, -0.2) is 0 Å². The molecule has 0 bridgehead atoms. The van der Waals surface area contributed by atoms with E-state index in [0.29, 0.717) is 0 Å². The summed E-state index contributed by atoms with van der Waals surface area (Å²) in [7, 11) is 0. The van der Waals surface area contributed by atoms with E-state index >= 15 is 0 Å². The van der Waals surface area contributed by atoms with Gasteiger partial charge in [0.15, 0.2) is 0 Å². The topological polar surface area (TPSA) is 0 Å². The van der Waals surface area contributed by atoms with Gasteiger partial charge in [0.1, 0.15) is 0 Å². The fraction of sp³-hybridized carbons (Fsp3) is 1.00. The van der Waals surface area contributed by atoms with E-state index in [4.69, 9.17) is 0 Å². The molecular formula is C22H46. The molecule has 0 aromatic carbocycles. The molecule has 0 radical (unpaired) electrons. The van der Waals surface area contributed by atoms with E-state index in [9.17, 15) is 0 Å². The van der Waals surface area contributed by atoms with Gasteiger partial charge >= 0.3 is 0 Å². The Morgan fingerprint density at radius 2 is 0.773 bits per heavy atom. The Hall–Kier alpha value is 0. The van der Waals surface area contributed by atoms with Crippen LogP contribution in [0.2, 0.25) is 0 Å². The third-order valence-corrected chi connectivity index (χ3v) is 5.60. The van der Waals surface area contributed by atoms with Gasteiger partial charge in [0.2, 0.25) is 0 Å². The highest BCUT2D eigenvalue weighted by molar-refractivity contribution is 4.64. The highest BCUT2D eigenvalue weighted by Gasteiger charge is 2.12. The zero-order chi connectivity index (χ0) is 16.8. The number of hydrogen-bond acceptors (Lipinski definition) is 0. The van der Waals surface area contributed by atoms with Crippen LogP contribution in [-0.2, 0) is 0 Å². The van der Waals surface area contributed by atoms with Crippen LogP contribution in [0, 0.1) is 23.7 Å². The zero-order valence-electron chi connectivity index (χ0n) is 16.8. The van der Waals surface area contributed by atoms with Crippen molar-refractivity contribution in [1.29, 1.82) is 0 Å². The summed E-state index contributed by atoms with van der Waals surface area (Å²) in [6, 6.07) is 0. The minimum atomic E-state index is 0.881. The molecule has 134 valence electrons. The predicted molar refractivity (Wildman–Crippen MR) is 103 cm³/mol. The Kier molecular flexibility index (Phi) is 14.6. The minimum Gasteiger partial charge on any atom is -0.0654 e. The van der Waals surface area contributed by atoms with Crippen LogP contribution >= 0.6 is 0 Å². The second-order valence-electron chi connectivity index (χ2n) is 8.28. The summed E-state index contributed by atoms with van der Waals surface area (Å²) in [5, 5.41) is 0. The molecule has 0 heteroatoms. The first-order valence-corrected chi connectivity index (χ1v) is 10.5. The Bertz CT molecular complexity index is 192. The fourth-order valence-electron chi connectivity index (χ4n) is 3.88. The Morgan fingerprint density at radius 1 is 0.455 bits per heavy atom. The standard InChI is InChI=1S/C22H46/c1-7-15-21(19(3)4)17-13-11-9-10-12-14-18-22(16-8-2)20(5)6/h19-22H,7-18H2,1-6H3. The van der Waals surface area contributed by atoms with Gasteiger partial charge in [-0.15, -0.1) is 0 Å². The van der Waals surface area contributed by atoms with Gasteiger partial charge in [-0.3, -0.25) is 0 Å². The molecule has 0 aliphatic heterocycles. The van der Waals surface area contributed by atoms with Gasteiger partial charge in [-0.05, 0) is 23.7 Å². The van der Waals surface area contributed by atoms with Crippen molar-refractivity contribution >= 4 is 0 Å². The van der Waals surface area contributed by atoms with E-state index < -0.39 is 0 Å². The highest BCUT2D eigenvalue weighted by Crippen LogP contribution is 2.25. The van der Waals surface area contributed by atoms with Gasteiger partial charge in [-0.1, -0.05) is 119 Å². The second-order valence-corrected chi connectivity index (χ2v) is 8.28. The van der Waals surface area contributed by atoms with Gasteiger partial charge in [-0.2, -0.15) is 0 Å². The summed E-state index contributed by atoms with van der Waals surface area (Å²) in [6.45, 7) is 14.3. The summed E-state index contributed by atoms with van der Waals surface area (Å²) in [5.41, 5.74) is 0. The molecule has 0 saturated heterocycles. The molecular weight excluding hydrogens is 264 g/mol. The Labute approximate surface area is 142 Å². The van der Waals surface area contributed by atoms with Crippen molar-refractivity contribution < 1.29 is 0 Å². The quantitative estimate of drug-likeness (QED) is 0.267. The maximum Gasteiger partial charge on any atom is -0.0391 e. The minimum absolute atomic E-state index is 0.881. The van der Waals surface area contributed by atoms with Crippen molar-refractivity contribution in [3.63, 3.8) is 0 Å². The summed E-state index contributed by atoms with van der Waals surface area (Å²) in [4.78, 5) is 0. The van der Waals surface area contributed by atoms with E-state index in [1.165, 1.54) is 77.0 Å². The zero-order valence-corrected chi connectivity index (χ0v) is 16.8. The molecule has 0 fully saturated rings. The van der Waals surface area contributed by atoms with Gasteiger partial charge in [0.25, 0.3) is 0 Å². The lowest BCUT2D eigenvalue weighted by molar-refractivity contribution is 0.316. The average molecular weight is 311 g/mol. The summed E-state index contributed by atoms with van der Waals surface area (Å²) in [6.07, 6.45) is 17.3. The van der Waals surface area contributed by atoms with Crippen LogP contribution < -0.4 is 0 Å². The van der Waals surface area contributed by atoms with Gasteiger partial charge < -0.3 is 0 Å². The molecule has 0 aromatic rings. The molecule has 2 unspecified atom stereocenters. The summed E-state index contributed by atoms with van der Waals surface area (Å²) in [5.74, 6) is 3.72. The van der Waals surface area contributed by atoms with Crippen molar-refractivity contribution in [3.05, 3.63) is 0 Å². The highest BCUT2D eigenvalue weighted by atomic mass is 14.2. The molecule has 0 aliphatic carbocycles.